The average Bonchev–Trinajstić information content (AvgIpc) is 3.11. The summed E-state index contributed by atoms with van der Waals surface area (Å²) in [5.41, 5.74) is 2.62. The maximum absolute atomic E-state index is 10.2. The summed E-state index contributed by atoms with van der Waals surface area (Å²) in [7, 11) is 0. The van der Waals surface area contributed by atoms with Gasteiger partial charge in [0.2, 0.25) is 6.08 Å². The first-order valence-corrected chi connectivity index (χ1v) is 6.53. The second-order valence-corrected chi connectivity index (χ2v) is 4.59. The fraction of sp³-hybridized carbons (Fsp3) is 0. The van der Waals surface area contributed by atoms with E-state index in [1.165, 1.54) is 6.08 Å². The van der Waals surface area contributed by atoms with Crippen molar-refractivity contribution in [3.63, 3.8) is 0 Å². The molecule has 20 heavy (non-hydrogen) atoms. The first kappa shape index (κ1) is 14.7. The van der Waals surface area contributed by atoms with E-state index in [0.29, 0.717) is 5.69 Å². The molecule has 4 nitrogen and oxygen atoms in total. The van der Waals surface area contributed by atoms with Crippen molar-refractivity contribution in [3.8, 4) is 0 Å². The smallest absolute Gasteiger partial charge is 0.240 e. The number of rotatable bonds is 3. The zero-order chi connectivity index (χ0) is 13.1. The van der Waals surface area contributed by atoms with Crippen LogP contribution in [0.3, 0.4) is 0 Å². The van der Waals surface area contributed by atoms with E-state index in [1.807, 2.05) is 51.8 Å². The Kier molecular flexibility index (Phi) is 4.88. The molecule has 0 bridgehead atoms. The Balaban J connectivity index is 0.00000147. The molecule has 1 aromatic heterocycles. The number of isocyanates is 1. The molecule has 1 aliphatic rings. The number of carbonyl (C=O) groups excluding carboxylic acids is 1. The number of hydrogen-bond acceptors (Lipinski definition) is 5. The molecule has 0 aliphatic carbocycles. The van der Waals surface area contributed by atoms with Gasteiger partial charge in [-0.25, -0.2) is 10.9 Å². The Morgan fingerprint density at radius 3 is 2.60 bits per heavy atom. The quantitative estimate of drug-likeness (QED) is 0.401. The molecular formula is C14H9IrN3OS-2. The van der Waals surface area contributed by atoms with Gasteiger partial charge in [-0.2, -0.15) is 10.7 Å². The van der Waals surface area contributed by atoms with Crippen LogP contribution in [0.5, 0.6) is 0 Å². The number of anilines is 2. The number of benzene rings is 1. The number of nitrogens with zero attached hydrogens (tertiary/aromatic N) is 3. The van der Waals surface area contributed by atoms with Crippen LogP contribution in [0.25, 0.3) is 0 Å². The summed E-state index contributed by atoms with van der Waals surface area (Å²) >= 11 is 1.61. The molecule has 2 heterocycles. The first-order chi connectivity index (χ1) is 9.36. The molecule has 0 unspecified atom stereocenters. The monoisotopic (exact) mass is 460 g/mol. The molecule has 103 valence electrons. The van der Waals surface area contributed by atoms with E-state index in [2.05, 4.69) is 11.1 Å². The summed E-state index contributed by atoms with van der Waals surface area (Å²) in [6.07, 6.45) is 5.46. The average molecular weight is 460 g/mol. The van der Waals surface area contributed by atoms with Crippen LogP contribution >= 0.6 is 11.3 Å². The minimum absolute atomic E-state index is 0. The standard InChI is InChI=1S/C14H9N3OS.Ir/c18-10-15-12-1-3-13(4-2-12)16-6-7-17(11-16)14-5-8-19-9-14;/h1-4,6-9,11H;/q-2;. The van der Waals surface area contributed by atoms with Crippen LogP contribution in [0.1, 0.15) is 0 Å². The van der Waals surface area contributed by atoms with Gasteiger partial charge in [0, 0.05) is 25.8 Å². The predicted molar refractivity (Wildman–Crippen MR) is 75.8 cm³/mol. The molecule has 1 aliphatic heterocycles. The van der Waals surface area contributed by atoms with E-state index in [-0.39, 0.29) is 20.1 Å². The molecule has 0 fully saturated rings. The molecular weight excluding hydrogens is 450 g/mol. The normalized spacial score (nSPS) is 13.0. The third kappa shape index (κ3) is 3.06. The summed E-state index contributed by atoms with van der Waals surface area (Å²) in [6.45, 7) is 1.97. The maximum Gasteiger partial charge on any atom is 0.240 e. The number of thiophene rings is 1. The first-order valence-electron chi connectivity index (χ1n) is 5.58. The van der Waals surface area contributed by atoms with Gasteiger partial charge in [0.05, 0.1) is 5.69 Å². The maximum atomic E-state index is 10.2. The molecule has 0 N–H and O–H groups in total. The van der Waals surface area contributed by atoms with Crippen molar-refractivity contribution in [2.24, 2.45) is 4.99 Å². The Hall–Kier alpha value is -1.71. The van der Waals surface area contributed by atoms with E-state index < -0.39 is 0 Å². The van der Waals surface area contributed by atoms with Crippen LogP contribution in [0.4, 0.5) is 17.1 Å². The van der Waals surface area contributed by atoms with Crippen molar-refractivity contribution in [2.45, 2.75) is 0 Å². The van der Waals surface area contributed by atoms with Crippen molar-refractivity contribution in [1.82, 2.24) is 0 Å². The molecule has 0 atom stereocenters. The van der Waals surface area contributed by atoms with Crippen LogP contribution in [0, 0.1) is 12.7 Å². The molecule has 2 aromatic rings. The van der Waals surface area contributed by atoms with Gasteiger partial charge in [0.25, 0.3) is 0 Å². The zero-order valence-electron chi connectivity index (χ0n) is 10.2. The minimum atomic E-state index is 0. The van der Waals surface area contributed by atoms with Crippen LogP contribution in [0.2, 0.25) is 0 Å². The molecule has 0 spiro atoms. The van der Waals surface area contributed by atoms with Gasteiger partial charge < -0.3 is 9.80 Å². The van der Waals surface area contributed by atoms with Crippen LogP contribution < -0.4 is 9.80 Å². The number of hydrogen-bond donors (Lipinski definition) is 0. The minimum Gasteiger partial charge on any atom is -0.509 e. The van der Waals surface area contributed by atoms with Crippen LogP contribution in [-0.4, -0.2) is 6.08 Å². The topological polar surface area (TPSA) is 35.9 Å². The Morgan fingerprint density at radius 2 is 1.95 bits per heavy atom. The van der Waals surface area contributed by atoms with Gasteiger partial charge in [-0.3, -0.25) is 11.3 Å². The van der Waals surface area contributed by atoms with Gasteiger partial charge in [0.1, 0.15) is 0 Å². The second kappa shape index (κ2) is 6.64. The summed E-state index contributed by atoms with van der Waals surface area (Å²) < 4.78 is 0. The second-order valence-electron chi connectivity index (χ2n) is 3.85. The molecule has 0 amide bonds. The Labute approximate surface area is 134 Å². The third-order valence-electron chi connectivity index (χ3n) is 2.69. The van der Waals surface area contributed by atoms with E-state index in [9.17, 15) is 4.79 Å². The summed E-state index contributed by atoms with van der Waals surface area (Å²) in [5, 5.41) is 3.96. The van der Waals surface area contributed by atoms with Crippen molar-refractivity contribution >= 4 is 34.5 Å². The molecule has 3 rings (SSSR count). The van der Waals surface area contributed by atoms with E-state index in [4.69, 9.17) is 0 Å². The summed E-state index contributed by atoms with van der Waals surface area (Å²) in [5.74, 6) is 0. The Morgan fingerprint density at radius 1 is 1.20 bits per heavy atom. The Bertz CT molecular complexity index is 633. The SMILES string of the molecule is O=C=Nc1ccc(N2C=CN(c3[c-]csc3)[CH-]2)cc1.[Ir]. The summed E-state index contributed by atoms with van der Waals surface area (Å²) in [6, 6.07) is 10.5. The fourth-order valence-corrected chi connectivity index (χ4v) is 2.34. The van der Waals surface area contributed by atoms with Crippen molar-refractivity contribution < 1.29 is 24.9 Å². The molecule has 1 aromatic carbocycles. The van der Waals surface area contributed by atoms with Gasteiger partial charge in [-0.15, -0.1) is 17.4 Å². The molecule has 0 saturated carbocycles. The summed E-state index contributed by atoms with van der Waals surface area (Å²) in [4.78, 5) is 17.7. The van der Waals surface area contributed by atoms with Gasteiger partial charge in [-0.05, 0) is 36.7 Å². The van der Waals surface area contributed by atoms with Crippen LogP contribution in [-0.2, 0) is 24.9 Å². The van der Waals surface area contributed by atoms with E-state index in [0.717, 1.165) is 11.4 Å². The largest absolute Gasteiger partial charge is 0.509 e. The van der Waals surface area contributed by atoms with Crippen LogP contribution in [0.15, 0.2) is 52.4 Å². The van der Waals surface area contributed by atoms with Gasteiger partial charge in [0.15, 0.2) is 0 Å². The molecule has 1 radical (unpaired) electrons. The molecule has 0 saturated heterocycles. The predicted octanol–water partition coefficient (Wildman–Crippen LogP) is 3.43. The van der Waals surface area contributed by atoms with Gasteiger partial charge >= 0.3 is 0 Å². The zero-order valence-corrected chi connectivity index (χ0v) is 13.4. The number of aliphatic imine (C=N–C) groups is 1. The van der Waals surface area contributed by atoms with E-state index >= 15 is 0 Å². The third-order valence-corrected chi connectivity index (χ3v) is 3.31. The van der Waals surface area contributed by atoms with Crippen molar-refractivity contribution in [2.75, 3.05) is 9.80 Å². The fourth-order valence-electron chi connectivity index (χ4n) is 1.76. The van der Waals surface area contributed by atoms with Crippen molar-refractivity contribution in [3.05, 3.63) is 60.2 Å². The molecule has 6 heteroatoms. The van der Waals surface area contributed by atoms with Crippen molar-refractivity contribution in [1.29, 1.82) is 0 Å². The van der Waals surface area contributed by atoms with E-state index in [1.54, 1.807) is 23.5 Å². The van der Waals surface area contributed by atoms with Gasteiger partial charge in [-0.1, -0.05) is 0 Å².